The van der Waals surface area contributed by atoms with Crippen LogP contribution in [0.3, 0.4) is 0 Å². The normalized spacial score (nSPS) is 33.6. The van der Waals surface area contributed by atoms with Crippen molar-refractivity contribution in [3.8, 4) is 0 Å². The van der Waals surface area contributed by atoms with Crippen molar-refractivity contribution >= 4 is 23.6 Å². The number of aryl methyl sites for hydroxylation is 1. The van der Waals surface area contributed by atoms with Crippen LogP contribution in [0.15, 0.2) is 36.4 Å². The number of Topliss-reactive ketones (excluding diaryl/α,β-unsaturated/α-hetero) is 1. The number of ether oxygens (including phenoxy) is 1. The highest BCUT2D eigenvalue weighted by Crippen LogP contribution is 2.53. The second-order valence-corrected chi connectivity index (χ2v) is 9.45. The van der Waals surface area contributed by atoms with Crippen LogP contribution in [0.2, 0.25) is 0 Å². The Balaban J connectivity index is 1.13. The maximum atomic E-state index is 13.0. The first kappa shape index (κ1) is 20.2. The molecule has 4 atom stereocenters. The van der Waals surface area contributed by atoms with Gasteiger partial charge in [-0.1, -0.05) is 42.0 Å². The molecule has 3 aliphatic carbocycles. The minimum absolute atomic E-state index is 0.0124. The molecule has 31 heavy (non-hydrogen) atoms. The number of rotatable bonds is 5. The molecule has 0 spiro atoms. The third-order valence-corrected chi connectivity index (χ3v) is 7.62. The number of amides is 2. The molecule has 4 unspecified atom stereocenters. The number of benzene rings is 1. The molecule has 1 saturated heterocycles. The summed E-state index contributed by atoms with van der Waals surface area (Å²) in [6, 6.07) is 7.05. The van der Waals surface area contributed by atoms with Crippen LogP contribution in [0.4, 0.5) is 0 Å². The number of esters is 1. The maximum absolute atomic E-state index is 13.0. The van der Waals surface area contributed by atoms with Gasteiger partial charge in [-0.25, -0.2) is 0 Å². The number of carbonyl (C=O) groups excluding carboxylic acids is 4. The van der Waals surface area contributed by atoms with Crippen LogP contribution in [0.1, 0.15) is 48.0 Å². The Labute approximate surface area is 181 Å². The van der Waals surface area contributed by atoms with E-state index < -0.39 is 0 Å². The number of hydrogen-bond acceptors (Lipinski definition) is 5. The Hall–Kier alpha value is -2.76. The van der Waals surface area contributed by atoms with Gasteiger partial charge in [0.1, 0.15) is 0 Å². The molecule has 1 heterocycles. The summed E-state index contributed by atoms with van der Waals surface area (Å²) in [7, 11) is 0. The molecule has 6 heteroatoms. The van der Waals surface area contributed by atoms with Gasteiger partial charge < -0.3 is 4.74 Å². The summed E-state index contributed by atoms with van der Waals surface area (Å²) < 4.78 is 5.28. The van der Waals surface area contributed by atoms with E-state index >= 15 is 0 Å². The molecule has 162 valence electrons. The average molecular weight is 421 g/mol. The van der Waals surface area contributed by atoms with E-state index in [2.05, 4.69) is 12.2 Å². The van der Waals surface area contributed by atoms with Crippen molar-refractivity contribution in [3.05, 3.63) is 47.5 Å². The quantitative estimate of drug-likeness (QED) is 0.316. The average Bonchev–Trinajstić information content (AvgIpc) is 3.46. The van der Waals surface area contributed by atoms with Gasteiger partial charge in [-0.3, -0.25) is 24.1 Å². The van der Waals surface area contributed by atoms with E-state index in [9.17, 15) is 19.2 Å². The zero-order valence-electron chi connectivity index (χ0n) is 17.7. The Morgan fingerprint density at radius 3 is 2.10 bits per heavy atom. The van der Waals surface area contributed by atoms with Crippen molar-refractivity contribution in [2.75, 3.05) is 6.61 Å². The summed E-state index contributed by atoms with van der Waals surface area (Å²) in [5.41, 5.74) is 1.59. The first-order valence-corrected chi connectivity index (χ1v) is 11.3. The number of imide groups is 1. The molecule has 3 fully saturated rings. The van der Waals surface area contributed by atoms with Crippen LogP contribution >= 0.6 is 0 Å². The second-order valence-electron chi connectivity index (χ2n) is 9.45. The van der Waals surface area contributed by atoms with Crippen LogP contribution < -0.4 is 0 Å². The molecule has 1 aromatic carbocycles. The minimum atomic E-state index is -0.364. The standard InChI is InChI=1S/C25H27NO5/c1-14-2-4-15(5-3-14)20(27)13-31-25(30)16-8-10-19(11-9-16)26-23(28)21-17-6-7-18(12-17)22(21)24(26)29/h2-7,16-19,21-22H,8-13H2,1H3. The first-order valence-electron chi connectivity index (χ1n) is 11.3. The minimum Gasteiger partial charge on any atom is -0.457 e. The number of nitrogens with zero attached hydrogens (tertiary/aromatic N) is 1. The Morgan fingerprint density at radius 2 is 1.52 bits per heavy atom. The monoisotopic (exact) mass is 421 g/mol. The van der Waals surface area contributed by atoms with E-state index in [4.69, 9.17) is 4.74 Å². The molecule has 4 aliphatic rings. The topological polar surface area (TPSA) is 80.8 Å². The molecular weight excluding hydrogens is 394 g/mol. The highest BCUT2D eigenvalue weighted by atomic mass is 16.5. The van der Waals surface area contributed by atoms with E-state index in [1.165, 1.54) is 4.90 Å². The highest BCUT2D eigenvalue weighted by molar-refractivity contribution is 6.06. The summed E-state index contributed by atoms with van der Waals surface area (Å²) in [5, 5.41) is 0. The molecule has 0 radical (unpaired) electrons. The van der Waals surface area contributed by atoms with Crippen LogP contribution in [0, 0.1) is 36.5 Å². The predicted molar refractivity (Wildman–Crippen MR) is 112 cm³/mol. The summed E-state index contributed by atoms with van der Waals surface area (Å²) in [6.07, 6.45) is 7.51. The molecule has 6 nitrogen and oxygen atoms in total. The van der Waals surface area contributed by atoms with E-state index in [-0.39, 0.29) is 65.8 Å². The summed E-state index contributed by atoms with van der Waals surface area (Å²) in [6.45, 7) is 1.69. The lowest BCUT2D eigenvalue weighted by molar-refractivity contribution is -0.149. The number of likely N-dealkylation sites (tertiary alicyclic amines) is 1. The summed E-state index contributed by atoms with van der Waals surface area (Å²) in [5.74, 6) is -0.795. The molecule has 2 bridgehead atoms. The van der Waals surface area contributed by atoms with Crippen LogP contribution in [-0.4, -0.2) is 41.1 Å². The lowest BCUT2D eigenvalue weighted by Crippen LogP contribution is -2.44. The smallest absolute Gasteiger partial charge is 0.309 e. The van der Waals surface area contributed by atoms with Crippen molar-refractivity contribution in [2.24, 2.45) is 29.6 Å². The fourth-order valence-electron chi connectivity index (χ4n) is 5.93. The van der Waals surface area contributed by atoms with Gasteiger partial charge in [0.05, 0.1) is 17.8 Å². The van der Waals surface area contributed by atoms with Crippen LogP contribution in [0.25, 0.3) is 0 Å². The van der Waals surface area contributed by atoms with Gasteiger partial charge in [-0.2, -0.15) is 0 Å². The van der Waals surface area contributed by atoms with Crippen molar-refractivity contribution < 1.29 is 23.9 Å². The number of carbonyl (C=O) groups is 4. The number of allylic oxidation sites excluding steroid dienone is 2. The molecule has 5 rings (SSSR count). The van der Waals surface area contributed by atoms with Crippen LogP contribution in [0.5, 0.6) is 0 Å². The summed E-state index contributed by atoms with van der Waals surface area (Å²) in [4.78, 5) is 52.2. The van der Waals surface area contributed by atoms with Gasteiger partial charge in [0, 0.05) is 11.6 Å². The first-order chi connectivity index (χ1) is 14.9. The van der Waals surface area contributed by atoms with Gasteiger partial charge in [0.15, 0.2) is 12.4 Å². The van der Waals surface area contributed by atoms with Crippen molar-refractivity contribution in [1.29, 1.82) is 0 Å². The SMILES string of the molecule is Cc1ccc(C(=O)COC(=O)C2CCC(N3C(=O)C4C5C=CC(C5)C4C3=O)CC2)cc1. The molecule has 0 N–H and O–H groups in total. The summed E-state index contributed by atoms with van der Waals surface area (Å²) >= 11 is 0. The number of hydrogen-bond donors (Lipinski definition) is 0. The van der Waals surface area contributed by atoms with Gasteiger partial charge in [0.2, 0.25) is 11.8 Å². The fraction of sp³-hybridized carbons (Fsp3) is 0.520. The molecular formula is C25H27NO5. The molecule has 0 aromatic heterocycles. The van der Waals surface area contributed by atoms with Gasteiger partial charge in [-0.15, -0.1) is 0 Å². The molecule has 1 aromatic rings. The van der Waals surface area contributed by atoms with E-state index in [1.807, 2.05) is 19.1 Å². The van der Waals surface area contributed by atoms with Crippen molar-refractivity contribution in [2.45, 2.75) is 45.1 Å². The van der Waals surface area contributed by atoms with Gasteiger partial charge >= 0.3 is 5.97 Å². The molecule has 2 amide bonds. The van der Waals surface area contributed by atoms with E-state index in [0.717, 1.165) is 12.0 Å². The largest absolute Gasteiger partial charge is 0.457 e. The zero-order valence-corrected chi connectivity index (χ0v) is 17.7. The van der Waals surface area contributed by atoms with E-state index in [0.29, 0.717) is 31.2 Å². The third kappa shape index (κ3) is 3.42. The van der Waals surface area contributed by atoms with E-state index in [1.54, 1.807) is 12.1 Å². The molecule has 1 aliphatic heterocycles. The fourth-order valence-corrected chi connectivity index (χ4v) is 5.93. The van der Waals surface area contributed by atoms with Crippen molar-refractivity contribution in [3.63, 3.8) is 0 Å². The van der Waals surface area contributed by atoms with Crippen molar-refractivity contribution in [1.82, 2.24) is 4.90 Å². The van der Waals surface area contributed by atoms with Gasteiger partial charge in [0.25, 0.3) is 0 Å². The molecule has 2 saturated carbocycles. The lowest BCUT2D eigenvalue weighted by atomic mass is 9.85. The second kappa shape index (κ2) is 7.74. The van der Waals surface area contributed by atoms with Crippen LogP contribution in [-0.2, 0) is 19.1 Å². The maximum Gasteiger partial charge on any atom is 0.309 e. The highest BCUT2D eigenvalue weighted by Gasteiger charge is 2.60. The third-order valence-electron chi connectivity index (χ3n) is 7.62. The Kier molecular flexibility index (Phi) is 5.03. The van der Waals surface area contributed by atoms with Gasteiger partial charge in [-0.05, 0) is 50.9 Å². The zero-order chi connectivity index (χ0) is 21.7. The Morgan fingerprint density at radius 1 is 0.935 bits per heavy atom. The lowest BCUT2D eigenvalue weighted by Gasteiger charge is -2.33. The Bertz CT molecular complexity index is 927. The number of fused-ring (bicyclic) bond motifs is 5. The number of ketones is 1. The predicted octanol–water partition coefficient (Wildman–Crippen LogP) is 3.09.